The minimum atomic E-state index is -0.211. The summed E-state index contributed by atoms with van der Waals surface area (Å²) < 4.78 is 10.2. The molecule has 1 aromatic heterocycles. The number of phenolic OH excluding ortho intramolecular Hbond substituents is 1. The lowest BCUT2D eigenvalue weighted by Gasteiger charge is -2.09. The Morgan fingerprint density at radius 1 is 1.12 bits per heavy atom. The number of methoxy groups -OCH3 is 2. The number of rotatable bonds is 5. The number of allylic oxidation sites excluding steroid dienone is 1. The third-order valence-electron chi connectivity index (χ3n) is 3.80. The highest BCUT2D eigenvalue weighted by molar-refractivity contribution is 6.08. The Kier molecular flexibility index (Phi) is 4.24. The normalized spacial score (nSPS) is 11.1. The van der Waals surface area contributed by atoms with Crippen molar-refractivity contribution in [2.45, 2.75) is 0 Å². The fraction of sp³-hybridized carbons (Fsp3) is 0.105. The van der Waals surface area contributed by atoms with Gasteiger partial charge in [-0.05, 0) is 35.9 Å². The van der Waals surface area contributed by atoms with Crippen molar-refractivity contribution in [2.24, 2.45) is 0 Å². The number of para-hydroxylation sites is 1. The number of benzene rings is 2. The molecule has 0 atom stereocenters. The lowest BCUT2D eigenvalue weighted by molar-refractivity contribution is 0.104. The Labute approximate surface area is 139 Å². The Morgan fingerprint density at radius 3 is 2.46 bits per heavy atom. The molecule has 0 amide bonds. The van der Waals surface area contributed by atoms with Crippen LogP contribution < -0.4 is 9.47 Å². The van der Waals surface area contributed by atoms with Crippen molar-refractivity contribution in [3.8, 4) is 17.2 Å². The number of ketones is 1. The SMILES string of the molecule is COc1cc(C(=O)C=Cc2c[nH]c3ccccc23)cc(OC)c1O. The summed E-state index contributed by atoms with van der Waals surface area (Å²) in [5, 5.41) is 11.0. The Hall–Kier alpha value is -3.21. The van der Waals surface area contributed by atoms with Gasteiger partial charge in [-0.25, -0.2) is 0 Å². The predicted molar refractivity (Wildman–Crippen MR) is 92.9 cm³/mol. The number of ether oxygens (including phenoxy) is 2. The summed E-state index contributed by atoms with van der Waals surface area (Å²) in [6.07, 6.45) is 5.10. The number of aromatic amines is 1. The van der Waals surface area contributed by atoms with E-state index in [-0.39, 0.29) is 23.0 Å². The number of phenols is 1. The molecule has 5 heteroatoms. The summed E-state index contributed by atoms with van der Waals surface area (Å²) in [6.45, 7) is 0. The number of fused-ring (bicyclic) bond motifs is 1. The Bertz CT molecular complexity index is 899. The molecule has 2 aromatic carbocycles. The number of nitrogens with one attached hydrogen (secondary N) is 1. The van der Waals surface area contributed by atoms with Gasteiger partial charge in [-0.1, -0.05) is 18.2 Å². The molecule has 3 aromatic rings. The molecule has 3 rings (SSSR count). The molecule has 0 radical (unpaired) electrons. The molecule has 1 heterocycles. The van der Waals surface area contributed by atoms with E-state index in [4.69, 9.17) is 9.47 Å². The fourth-order valence-electron chi connectivity index (χ4n) is 2.53. The lowest BCUT2D eigenvalue weighted by atomic mass is 10.1. The highest BCUT2D eigenvalue weighted by Gasteiger charge is 2.14. The molecular formula is C19H17NO4. The van der Waals surface area contributed by atoms with Crippen LogP contribution in [0.25, 0.3) is 17.0 Å². The highest BCUT2D eigenvalue weighted by atomic mass is 16.5. The Morgan fingerprint density at radius 2 is 1.79 bits per heavy atom. The first kappa shape index (κ1) is 15.7. The molecule has 122 valence electrons. The van der Waals surface area contributed by atoms with E-state index in [2.05, 4.69) is 4.98 Å². The Balaban J connectivity index is 1.92. The average Bonchev–Trinajstić information content (AvgIpc) is 3.03. The van der Waals surface area contributed by atoms with Gasteiger partial charge >= 0.3 is 0 Å². The lowest BCUT2D eigenvalue weighted by Crippen LogP contribution is -1.98. The molecule has 0 unspecified atom stereocenters. The van der Waals surface area contributed by atoms with Gasteiger partial charge in [-0.2, -0.15) is 0 Å². The van der Waals surface area contributed by atoms with Gasteiger partial charge in [0, 0.05) is 22.7 Å². The number of hydrogen-bond donors (Lipinski definition) is 2. The van der Waals surface area contributed by atoms with Gasteiger partial charge in [-0.15, -0.1) is 0 Å². The number of aromatic hydroxyl groups is 1. The maximum Gasteiger partial charge on any atom is 0.200 e. The van der Waals surface area contributed by atoms with Crippen LogP contribution >= 0.6 is 0 Å². The minimum Gasteiger partial charge on any atom is -0.502 e. The van der Waals surface area contributed by atoms with Crippen LogP contribution in [0.5, 0.6) is 17.2 Å². The first-order chi connectivity index (χ1) is 11.6. The molecule has 2 N–H and O–H groups in total. The van der Waals surface area contributed by atoms with Crippen LogP contribution in [-0.2, 0) is 0 Å². The average molecular weight is 323 g/mol. The topological polar surface area (TPSA) is 71.6 Å². The number of hydrogen-bond acceptors (Lipinski definition) is 4. The molecule has 24 heavy (non-hydrogen) atoms. The summed E-state index contributed by atoms with van der Waals surface area (Å²) in [7, 11) is 2.84. The second-order valence-electron chi connectivity index (χ2n) is 5.22. The first-order valence-electron chi connectivity index (χ1n) is 7.37. The van der Waals surface area contributed by atoms with Gasteiger partial charge in [-0.3, -0.25) is 4.79 Å². The second-order valence-corrected chi connectivity index (χ2v) is 5.22. The maximum absolute atomic E-state index is 12.4. The van der Waals surface area contributed by atoms with Crippen LogP contribution in [0, 0.1) is 0 Å². The molecular weight excluding hydrogens is 306 g/mol. The molecule has 0 bridgehead atoms. The number of carbonyl (C=O) groups is 1. The third-order valence-corrected chi connectivity index (χ3v) is 3.80. The molecule has 5 nitrogen and oxygen atoms in total. The smallest absolute Gasteiger partial charge is 0.200 e. The second kappa shape index (κ2) is 6.50. The molecule has 0 fully saturated rings. The zero-order valence-electron chi connectivity index (χ0n) is 13.4. The largest absolute Gasteiger partial charge is 0.502 e. The summed E-state index contributed by atoms with van der Waals surface area (Å²) in [5.41, 5.74) is 2.31. The van der Waals surface area contributed by atoms with Crippen molar-refractivity contribution in [3.05, 3.63) is 59.8 Å². The van der Waals surface area contributed by atoms with Crippen molar-refractivity contribution in [1.29, 1.82) is 0 Å². The maximum atomic E-state index is 12.4. The molecule has 0 saturated heterocycles. The molecule has 0 aliphatic carbocycles. The monoisotopic (exact) mass is 323 g/mol. The molecule has 0 saturated carbocycles. The fourth-order valence-corrected chi connectivity index (χ4v) is 2.53. The summed E-state index contributed by atoms with van der Waals surface area (Å²) >= 11 is 0. The number of H-pyrrole nitrogens is 1. The van der Waals surface area contributed by atoms with E-state index in [0.29, 0.717) is 5.56 Å². The van der Waals surface area contributed by atoms with E-state index in [0.717, 1.165) is 16.5 Å². The zero-order chi connectivity index (χ0) is 17.1. The van der Waals surface area contributed by atoms with E-state index >= 15 is 0 Å². The number of aromatic nitrogens is 1. The van der Waals surface area contributed by atoms with Crippen molar-refractivity contribution in [2.75, 3.05) is 14.2 Å². The number of carbonyl (C=O) groups excluding carboxylic acids is 1. The third kappa shape index (κ3) is 2.84. The predicted octanol–water partition coefficient (Wildman–Crippen LogP) is 3.79. The van der Waals surface area contributed by atoms with Gasteiger partial charge in [0.25, 0.3) is 0 Å². The molecule has 0 spiro atoms. The molecule has 0 aliphatic heterocycles. The van der Waals surface area contributed by atoms with Crippen LogP contribution in [0.3, 0.4) is 0 Å². The van der Waals surface area contributed by atoms with Crippen LogP contribution in [-0.4, -0.2) is 30.1 Å². The summed E-state index contributed by atoms with van der Waals surface area (Å²) in [5.74, 6) is 0.0467. The van der Waals surface area contributed by atoms with Crippen LogP contribution in [0.1, 0.15) is 15.9 Å². The van der Waals surface area contributed by atoms with E-state index < -0.39 is 0 Å². The van der Waals surface area contributed by atoms with Gasteiger partial charge in [0.05, 0.1) is 14.2 Å². The summed E-state index contributed by atoms with van der Waals surface area (Å²) in [6, 6.07) is 10.8. The quantitative estimate of drug-likeness (QED) is 0.553. The van der Waals surface area contributed by atoms with E-state index in [1.807, 2.05) is 30.5 Å². The van der Waals surface area contributed by atoms with Gasteiger partial charge in [0.1, 0.15) is 0 Å². The van der Waals surface area contributed by atoms with E-state index in [9.17, 15) is 9.90 Å². The van der Waals surface area contributed by atoms with Crippen molar-refractivity contribution in [1.82, 2.24) is 4.98 Å². The van der Waals surface area contributed by atoms with Crippen molar-refractivity contribution in [3.63, 3.8) is 0 Å². The van der Waals surface area contributed by atoms with Gasteiger partial charge in [0.2, 0.25) is 5.75 Å². The van der Waals surface area contributed by atoms with Crippen molar-refractivity contribution >= 4 is 22.8 Å². The van der Waals surface area contributed by atoms with E-state index in [1.165, 1.54) is 32.4 Å². The van der Waals surface area contributed by atoms with Gasteiger partial charge in [0.15, 0.2) is 17.3 Å². The molecule has 0 aliphatic rings. The highest BCUT2D eigenvalue weighted by Crippen LogP contribution is 2.37. The zero-order valence-corrected chi connectivity index (χ0v) is 13.4. The summed E-state index contributed by atoms with van der Waals surface area (Å²) in [4.78, 5) is 15.6. The van der Waals surface area contributed by atoms with Crippen LogP contribution in [0.2, 0.25) is 0 Å². The minimum absolute atomic E-state index is 0.128. The first-order valence-corrected chi connectivity index (χ1v) is 7.37. The van der Waals surface area contributed by atoms with Gasteiger partial charge < -0.3 is 19.6 Å². The van der Waals surface area contributed by atoms with Crippen LogP contribution in [0.4, 0.5) is 0 Å². The van der Waals surface area contributed by atoms with Crippen molar-refractivity contribution < 1.29 is 19.4 Å². The van der Waals surface area contributed by atoms with Crippen LogP contribution in [0.15, 0.2) is 48.7 Å². The van der Waals surface area contributed by atoms with E-state index in [1.54, 1.807) is 6.08 Å². The standard InChI is InChI=1S/C19H17NO4/c1-23-17-9-13(10-18(24-2)19(17)22)16(21)8-7-12-11-20-15-6-4-3-5-14(12)15/h3-11,20,22H,1-2H3.